The second-order valence-electron chi connectivity index (χ2n) is 3.55. The van der Waals surface area contributed by atoms with E-state index in [1.165, 1.54) is 18.2 Å². The first kappa shape index (κ1) is 11.4. The highest BCUT2D eigenvalue weighted by Crippen LogP contribution is 2.04. The summed E-state index contributed by atoms with van der Waals surface area (Å²) in [6.07, 6.45) is 3.53. The van der Waals surface area contributed by atoms with Gasteiger partial charge in [-0.3, -0.25) is 4.79 Å². The van der Waals surface area contributed by atoms with E-state index in [-0.39, 0.29) is 11.6 Å². The van der Waals surface area contributed by atoms with Gasteiger partial charge in [-0.05, 0) is 23.8 Å². The average Bonchev–Trinajstić information content (AvgIpc) is 2.19. The van der Waals surface area contributed by atoms with E-state index in [1.54, 1.807) is 23.2 Å². The number of halogens is 1. The van der Waals surface area contributed by atoms with Crippen LogP contribution in [0.1, 0.15) is 5.56 Å². The van der Waals surface area contributed by atoms with Gasteiger partial charge in [-0.15, -0.1) is 0 Å². The van der Waals surface area contributed by atoms with Gasteiger partial charge in [0.15, 0.2) is 5.78 Å². The maximum absolute atomic E-state index is 12.6. The van der Waals surface area contributed by atoms with Crippen LogP contribution in [0.4, 0.5) is 4.39 Å². The maximum Gasteiger partial charge on any atom is 0.161 e. The normalized spacial score (nSPS) is 10.6. The van der Waals surface area contributed by atoms with Crippen LogP contribution in [-0.2, 0) is 11.2 Å². The molecule has 0 aliphatic carbocycles. The fourth-order valence-electron chi connectivity index (χ4n) is 1.09. The van der Waals surface area contributed by atoms with Crippen LogP contribution in [0.5, 0.6) is 0 Å². The predicted octanol–water partition coefficient (Wildman–Crippen LogP) is 2.01. The van der Waals surface area contributed by atoms with E-state index in [4.69, 9.17) is 0 Å². The Labute approximate surface area is 89.0 Å². The Morgan fingerprint density at radius 3 is 2.47 bits per heavy atom. The van der Waals surface area contributed by atoms with Crippen LogP contribution in [0, 0.1) is 5.82 Å². The Bertz CT molecular complexity index is 354. The summed E-state index contributed by atoms with van der Waals surface area (Å²) in [6, 6.07) is 5.96. The van der Waals surface area contributed by atoms with E-state index in [2.05, 4.69) is 0 Å². The smallest absolute Gasteiger partial charge is 0.161 e. The molecule has 0 N–H and O–H groups in total. The molecule has 0 radical (unpaired) electrons. The molecule has 80 valence electrons. The molecule has 0 heterocycles. The predicted molar refractivity (Wildman–Crippen MR) is 57.9 cm³/mol. The molecule has 1 rings (SSSR count). The molecule has 0 unspecified atom stereocenters. The highest BCUT2D eigenvalue weighted by molar-refractivity contribution is 5.91. The molecule has 0 saturated carbocycles. The zero-order chi connectivity index (χ0) is 11.3. The van der Waals surface area contributed by atoms with Crippen molar-refractivity contribution in [2.24, 2.45) is 0 Å². The summed E-state index contributed by atoms with van der Waals surface area (Å²) in [5, 5.41) is 0. The van der Waals surface area contributed by atoms with Gasteiger partial charge < -0.3 is 4.90 Å². The first-order chi connectivity index (χ1) is 7.08. The second kappa shape index (κ2) is 5.29. The van der Waals surface area contributed by atoms with Crippen LogP contribution in [0.2, 0.25) is 0 Å². The topological polar surface area (TPSA) is 20.3 Å². The molecule has 0 bridgehead atoms. The lowest BCUT2D eigenvalue weighted by atomic mass is 10.1. The van der Waals surface area contributed by atoms with Crippen LogP contribution in [0.15, 0.2) is 36.5 Å². The minimum absolute atomic E-state index is 0.00954. The Hall–Kier alpha value is -1.64. The molecule has 0 amide bonds. The third-order valence-corrected chi connectivity index (χ3v) is 1.85. The number of nitrogens with zero attached hydrogens (tertiary/aromatic N) is 1. The lowest BCUT2D eigenvalue weighted by Crippen LogP contribution is -2.04. The molecular formula is C12H14FNO. The quantitative estimate of drug-likeness (QED) is 0.704. The summed E-state index contributed by atoms with van der Waals surface area (Å²) in [4.78, 5) is 13.2. The highest BCUT2D eigenvalue weighted by atomic mass is 19.1. The van der Waals surface area contributed by atoms with Gasteiger partial charge in [0, 0.05) is 26.7 Å². The summed E-state index contributed by atoms with van der Waals surface area (Å²) in [7, 11) is 3.70. The van der Waals surface area contributed by atoms with Gasteiger partial charge in [0.2, 0.25) is 0 Å². The van der Waals surface area contributed by atoms with Crippen molar-refractivity contribution >= 4 is 5.78 Å². The highest BCUT2D eigenvalue weighted by Gasteiger charge is 1.99. The molecule has 0 atom stereocenters. The first-order valence-corrected chi connectivity index (χ1v) is 4.70. The second-order valence-corrected chi connectivity index (χ2v) is 3.55. The van der Waals surface area contributed by atoms with Gasteiger partial charge >= 0.3 is 0 Å². The monoisotopic (exact) mass is 207 g/mol. The van der Waals surface area contributed by atoms with E-state index in [9.17, 15) is 9.18 Å². The van der Waals surface area contributed by atoms with Gasteiger partial charge in [-0.25, -0.2) is 4.39 Å². The molecule has 0 aromatic heterocycles. The largest absolute Gasteiger partial charge is 0.383 e. The Morgan fingerprint density at radius 1 is 1.33 bits per heavy atom. The van der Waals surface area contributed by atoms with Gasteiger partial charge in [-0.2, -0.15) is 0 Å². The summed E-state index contributed by atoms with van der Waals surface area (Å²) in [5.74, 6) is -0.273. The molecule has 2 nitrogen and oxygen atoms in total. The average molecular weight is 207 g/mol. The van der Waals surface area contributed by atoms with Crippen molar-refractivity contribution in [3.05, 3.63) is 47.9 Å². The number of rotatable bonds is 4. The summed E-state index contributed by atoms with van der Waals surface area (Å²) in [5.41, 5.74) is 0.824. The van der Waals surface area contributed by atoms with Crippen molar-refractivity contribution in [1.29, 1.82) is 0 Å². The summed E-state index contributed by atoms with van der Waals surface area (Å²) >= 11 is 0. The van der Waals surface area contributed by atoms with Crippen LogP contribution in [-0.4, -0.2) is 24.8 Å². The number of carbonyl (C=O) groups is 1. The number of benzene rings is 1. The van der Waals surface area contributed by atoms with Crippen molar-refractivity contribution in [2.45, 2.75) is 6.42 Å². The van der Waals surface area contributed by atoms with Gasteiger partial charge in [0.1, 0.15) is 5.82 Å². The minimum Gasteiger partial charge on any atom is -0.383 e. The van der Waals surface area contributed by atoms with E-state index in [0.717, 1.165) is 5.56 Å². The third kappa shape index (κ3) is 4.40. The zero-order valence-corrected chi connectivity index (χ0v) is 8.90. The lowest BCUT2D eigenvalue weighted by Gasteiger charge is -2.02. The SMILES string of the molecule is CN(C)C=CC(=O)Cc1ccc(F)cc1. The molecular weight excluding hydrogens is 193 g/mol. The molecule has 0 spiro atoms. The molecule has 0 aliphatic rings. The van der Waals surface area contributed by atoms with E-state index in [0.29, 0.717) is 6.42 Å². The van der Waals surface area contributed by atoms with Crippen LogP contribution in [0.3, 0.4) is 0 Å². The van der Waals surface area contributed by atoms with E-state index >= 15 is 0 Å². The van der Waals surface area contributed by atoms with Gasteiger partial charge in [-0.1, -0.05) is 12.1 Å². The summed E-state index contributed by atoms with van der Waals surface area (Å²) in [6.45, 7) is 0. The zero-order valence-electron chi connectivity index (χ0n) is 8.90. The molecule has 1 aromatic rings. The molecule has 1 aromatic carbocycles. The Balaban J connectivity index is 2.55. The van der Waals surface area contributed by atoms with Crippen LogP contribution in [0.25, 0.3) is 0 Å². The molecule has 0 saturated heterocycles. The van der Waals surface area contributed by atoms with Crippen LogP contribution >= 0.6 is 0 Å². The Kier molecular flexibility index (Phi) is 4.03. The third-order valence-electron chi connectivity index (χ3n) is 1.85. The summed E-state index contributed by atoms with van der Waals surface area (Å²) < 4.78 is 12.6. The molecule has 15 heavy (non-hydrogen) atoms. The van der Waals surface area contributed by atoms with Crippen molar-refractivity contribution in [3.8, 4) is 0 Å². The fraction of sp³-hybridized carbons (Fsp3) is 0.250. The van der Waals surface area contributed by atoms with E-state index < -0.39 is 0 Å². The van der Waals surface area contributed by atoms with E-state index in [1.807, 2.05) is 14.1 Å². The lowest BCUT2D eigenvalue weighted by molar-refractivity contribution is -0.114. The Morgan fingerprint density at radius 2 is 1.93 bits per heavy atom. The van der Waals surface area contributed by atoms with Gasteiger partial charge in [0.05, 0.1) is 0 Å². The molecule has 0 aliphatic heterocycles. The number of carbonyl (C=O) groups excluding carboxylic acids is 1. The van der Waals surface area contributed by atoms with Crippen LogP contribution < -0.4 is 0 Å². The minimum atomic E-state index is -0.282. The number of hydrogen-bond acceptors (Lipinski definition) is 2. The number of ketones is 1. The molecule has 0 fully saturated rings. The van der Waals surface area contributed by atoms with Crippen molar-refractivity contribution in [2.75, 3.05) is 14.1 Å². The fourth-order valence-corrected chi connectivity index (χ4v) is 1.09. The number of allylic oxidation sites excluding steroid dienone is 1. The first-order valence-electron chi connectivity index (χ1n) is 4.70. The standard InChI is InChI=1S/C12H14FNO/c1-14(2)8-7-12(15)9-10-3-5-11(13)6-4-10/h3-8H,9H2,1-2H3. The maximum atomic E-state index is 12.6. The van der Waals surface area contributed by atoms with Crippen molar-refractivity contribution in [3.63, 3.8) is 0 Å². The van der Waals surface area contributed by atoms with Crippen molar-refractivity contribution < 1.29 is 9.18 Å². The number of hydrogen-bond donors (Lipinski definition) is 0. The van der Waals surface area contributed by atoms with Gasteiger partial charge in [0.25, 0.3) is 0 Å². The molecule has 3 heteroatoms. The van der Waals surface area contributed by atoms with Crippen molar-refractivity contribution in [1.82, 2.24) is 4.90 Å².